The molecule has 0 atom stereocenters. The molecule has 0 aliphatic carbocycles. The van der Waals surface area contributed by atoms with Crippen molar-refractivity contribution in [1.29, 1.82) is 0 Å². The van der Waals surface area contributed by atoms with E-state index in [2.05, 4.69) is 0 Å². The highest BCUT2D eigenvalue weighted by molar-refractivity contribution is 7.72. The topological polar surface area (TPSA) is 69.4 Å². The number of thiol groups is 1. The van der Waals surface area contributed by atoms with Crippen LogP contribution < -0.4 is 10.5 Å². The first-order valence-electron chi connectivity index (χ1n) is 4.93. The molecule has 0 aromatic heterocycles. The fourth-order valence-electron chi connectivity index (χ4n) is 1.40. The Labute approximate surface area is 101 Å². The maximum atomic E-state index is 11.0. The Balaban J connectivity index is 2.36. The van der Waals surface area contributed by atoms with Crippen LogP contribution in [-0.4, -0.2) is 8.42 Å². The van der Waals surface area contributed by atoms with Gasteiger partial charge in [0.2, 0.25) is 0 Å². The minimum atomic E-state index is -2.68. The first-order chi connectivity index (χ1) is 8.16. The van der Waals surface area contributed by atoms with Crippen LogP contribution >= 0.6 is 0 Å². The number of rotatable bonds is 3. The van der Waals surface area contributed by atoms with E-state index in [0.717, 1.165) is 0 Å². The van der Waals surface area contributed by atoms with Crippen molar-refractivity contribution in [2.45, 2.75) is 4.90 Å². The Morgan fingerprint density at radius 1 is 1.00 bits per heavy atom. The van der Waals surface area contributed by atoms with Crippen LogP contribution in [0.1, 0.15) is 0 Å². The second-order valence-corrected chi connectivity index (χ2v) is 4.40. The number of nitrogens with two attached hydrogens (primary N) is 1. The van der Waals surface area contributed by atoms with E-state index in [4.69, 9.17) is 10.5 Å². The summed E-state index contributed by atoms with van der Waals surface area (Å²) in [5.74, 6) is 0.809. The molecule has 5 heteroatoms. The lowest BCUT2D eigenvalue weighted by Crippen LogP contribution is -1.91. The second-order valence-electron chi connectivity index (χ2n) is 3.40. The molecular formula is C12H11NO3S. The van der Waals surface area contributed by atoms with E-state index < -0.39 is 10.7 Å². The van der Waals surface area contributed by atoms with Crippen molar-refractivity contribution in [3.63, 3.8) is 0 Å². The van der Waals surface area contributed by atoms with E-state index in [1.807, 2.05) is 0 Å². The molecule has 0 amide bonds. The number of anilines is 1. The number of nitrogen functional groups attached to an aromatic ring is 1. The molecule has 0 aliphatic rings. The lowest BCUT2D eigenvalue weighted by Gasteiger charge is -2.07. The zero-order valence-corrected chi connectivity index (χ0v) is 9.76. The largest absolute Gasteiger partial charge is 0.456 e. The van der Waals surface area contributed by atoms with Crippen LogP contribution in [0.5, 0.6) is 11.5 Å². The van der Waals surface area contributed by atoms with Gasteiger partial charge in [0.1, 0.15) is 16.4 Å². The van der Waals surface area contributed by atoms with E-state index in [9.17, 15) is 8.42 Å². The fraction of sp³-hybridized carbons (Fsp3) is 0. The molecule has 17 heavy (non-hydrogen) atoms. The predicted octanol–water partition coefficient (Wildman–Crippen LogP) is 2.03. The molecule has 2 rings (SSSR count). The summed E-state index contributed by atoms with van der Waals surface area (Å²) in [5.41, 5.74) is 6.17. The van der Waals surface area contributed by atoms with Gasteiger partial charge in [-0.1, -0.05) is 18.2 Å². The molecule has 0 heterocycles. The highest BCUT2D eigenvalue weighted by atomic mass is 32.2. The molecule has 0 spiro atoms. The van der Waals surface area contributed by atoms with Gasteiger partial charge in [0.05, 0.1) is 0 Å². The number of ether oxygens (including phenoxy) is 1. The smallest absolute Gasteiger partial charge is 0.171 e. The Kier molecular flexibility index (Phi) is 3.30. The van der Waals surface area contributed by atoms with Crippen LogP contribution in [0.15, 0.2) is 53.4 Å². The first-order valence-corrected chi connectivity index (χ1v) is 6.11. The molecule has 0 fully saturated rings. The van der Waals surface area contributed by atoms with Crippen molar-refractivity contribution in [2.24, 2.45) is 0 Å². The van der Waals surface area contributed by atoms with Gasteiger partial charge in [0, 0.05) is 11.8 Å². The zero-order valence-electron chi connectivity index (χ0n) is 8.87. The summed E-state index contributed by atoms with van der Waals surface area (Å²) in [6.45, 7) is 0. The van der Waals surface area contributed by atoms with Gasteiger partial charge in [-0.25, -0.2) is 8.42 Å². The highest BCUT2D eigenvalue weighted by Gasteiger charge is 2.06. The van der Waals surface area contributed by atoms with E-state index in [1.165, 1.54) is 6.07 Å². The van der Waals surface area contributed by atoms with Crippen LogP contribution in [0.25, 0.3) is 0 Å². The maximum absolute atomic E-state index is 11.0. The molecular weight excluding hydrogens is 238 g/mol. The van der Waals surface area contributed by atoms with E-state index in [0.29, 0.717) is 17.2 Å². The van der Waals surface area contributed by atoms with E-state index >= 15 is 0 Å². The lowest BCUT2D eigenvalue weighted by molar-refractivity contribution is 0.469. The Morgan fingerprint density at radius 2 is 1.76 bits per heavy atom. The monoisotopic (exact) mass is 249 g/mol. The molecule has 0 bridgehead atoms. The van der Waals surface area contributed by atoms with Crippen molar-refractivity contribution in [2.75, 3.05) is 5.73 Å². The molecule has 2 aromatic carbocycles. The quantitative estimate of drug-likeness (QED) is 0.645. The Bertz CT molecular complexity index is 600. The summed E-state index contributed by atoms with van der Waals surface area (Å²) < 4.78 is 27.5. The third-order valence-electron chi connectivity index (χ3n) is 2.15. The standard InChI is InChI=1S/C12H11NO3S/c13-9-4-3-5-10(8-9)16-11-6-1-2-7-12(11)17(14)15/h1-8,17H,13H2. The Morgan fingerprint density at radius 3 is 2.47 bits per heavy atom. The summed E-state index contributed by atoms with van der Waals surface area (Å²) in [4.78, 5) is 0.157. The van der Waals surface area contributed by atoms with Crippen LogP contribution in [0.2, 0.25) is 0 Å². The fourth-order valence-corrected chi connectivity index (χ4v) is 1.91. The Hall–Kier alpha value is -2.01. The summed E-state index contributed by atoms with van der Waals surface area (Å²) in [5, 5.41) is 0. The van der Waals surface area contributed by atoms with Crippen LogP contribution in [0, 0.1) is 0 Å². The number of benzene rings is 2. The SMILES string of the molecule is Nc1cccc(Oc2ccccc2[SH](=O)=O)c1. The molecule has 0 radical (unpaired) electrons. The van der Waals surface area contributed by atoms with Crippen molar-refractivity contribution in [1.82, 2.24) is 0 Å². The van der Waals surface area contributed by atoms with Gasteiger partial charge in [0.15, 0.2) is 10.7 Å². The van der Waals surface area contributed by atoms with E-state index in [-0.39, 0.29) is 4.90 Å². The minimum absolute atomic E-state index is 0.157. The van der Waals surface area contributed by atoms with Crippen molar-refractivity contribution < 1.29 is 13.2 Å². The van der Waals surface area contributed by atoms with Gasteiger partial charge in [-0.05, 0) is 24.3 Å². The van der Waals surface area contributed by atoms with Crippen molar-refractivity contribution >= 4 is 16.4 Å². The number of hydrogen-bond donors (Lipinski definition) is 2. The normalized spacial score (nSPS) is 10.4. The third kappa shape index (κ3) is 2.76. The second kappa shape index (κ2) is 4.88. The molecule has 0 saturated carbocycles. The summed E-state index contributed by atoms with van der Waals surface area (Å²) in [7, 11) is -2.68. The van der Waals surface area contributed by atoms with Crippen LogP contribution in [-0.2, 0) is 10.7 Å². The predicted molar refractivity (Wildman–Crippen MR) is 66.0 cm³/mol. The van der Waals surface area contributed by atoms with Gasteiger partial charge in [0.25, 0.3) is 0 Å². The van der Waals surface area contributed by atoms with Gasteiger partial charge >= 0.3 is 0 Å². The van der Waals surface area contributed by atoms with Gasteiger partial charge < -0.3 is 10.5 Å². The van der Waals surface area contributed by atoms with Gasteiger partial charge in [-0.15, -0.1) is 0 Å². The van der Waals surface area contributed by atoms with Crippen LogP contribution in [0.3, 0.4) is 0 Å². The zero-order chi connectivity index (χ0) is 12.3. The molecule has 2 aromatic rings. The number of para-hydroxylation sites is 1. The number of hydrogen-bond acceptors (Lipinski definition) is 4. The van der Waals surface area contributed by atoms with Gasteiger partial charge in [-0.2, -0.15) is 0 Å². The van der Waals surface area contributed by atoms with Gasteiger partial charge in [-0.3, -0.25) is 0 Å². The summed E-state index contributed by atoms with van der Waals surface area (Å²) in [6, 6.07) is 13.3. The molecule has 0 saturated heterocycles. The molecule has 2 N–H and O–H groups in total. The van der Waals surface area contributed by atoms with Crippen molar-refractivity contribution in [3.8, 4) is 11.5 Å². The van der Waals surface area contributed by atoms with Crippen molar-refractivity contribution in [3.05, 3.63) is 48.5 Å². The average Bonchev–Trinajstić information content (AvgIpc) is 2.29. The molecule has 88 valence electrons. The van der Waals surface area contributed by atoms with Crippen LogP contribution in [0.4, 0.5) is 5.69 Å². The molecule has 0 unspecified atom stereocenters. The first kappa shape index (κ1) is 11.5. The van der Waals surface area contributed by atoms with E-state index in [1.54, 1.807) is 42.5 Å². The maximum Gasteiger partial charge on any atom is 0.171 e. The molecule has 4 nitrogen and oxygen atoms in total. The third-order valence-corrected chi connectivity index (χ3v) is 2.91. The molecule has 0 aliphatic heterocycles. The summed E-state index contributed by atoms with van der Waals surface area (Å²) >= 11 is 0. The summed E-state index contributed by atoms with van der Waals surface area (Å²) in [6.07, 6.45) is 0. The average molecular weight is 249 g/mol. The minimum Gasteiger partial charge on any atom is -0.456 e. The highest BCUT2D eigenvalue weighted by Crippen LogP contribution is 2.26. The lowest BCUT2D eigenvalue weighted by atomic mass is 10.3.